The van der Waals surface area contributed by atoms with Crippen molar-refractivity contribution in [2.45, 2.75) is 18.9 Å². The van der Waals surface area contributed by atoms with Gasteiger partial charge in [0, 0.05) is 16.5 Å². The van der Waals surface area contributed by atoms with Gasteiger partial charge in [0.25, 0.3) is 0 Å². The quantitative estimate of drug-likeness (QED) is 0.796. The van der Waals surface area contributed by atoms with E-state index < -0.39 is 11.7 Å². The third-order valence-corrected chi connectivity index (χ3v) is 3.66. The number of hydrogen-bond donors (Lipinski definition) is 0. The van der Waals surface area contributed by atoms with E-state index in [4.69, 9.17) is 14.2 Å². The summed E-state index contributed by atoms with van der Waals surface area (Å²) in [5.41, 5.74) is -0.151. The maximum atomic E-state index is 11.5. The van der Waals surface area contributed by atoms with Crippen LogP contribution in [0.2, 0.25) is 0 Å². The number of nitrogens with zero attached hydrogens (tertiary/aromatic N) is 1. The minimum Gasteiger partial charge on any atom is -0.493 e. The second-order valence-electron chi connectivity index (χ2n) is 4.28. The van der Waals surface area contributed by atoms with Crippen LogP contribution < -0.4 is 4.74 Å². The van der Waals surface area contributed by atoms with Crippen molar-refractivity contribution in [2.24, 2.45) is 4.99 Å². The lowest BCUT2D eigenvalue weighted by molar-refractivity contribution is 0.0322. The molecule has 19 heavy (non-hydrogen) atoms. The lowest BCUT2D eigenvalue weighted by Crippen LogP contribution is -2.41. The molecule has 5 nitrogen and oxygen atoms in total. The number of aliphatic imine (C=N–C) groups is 1. The van der Waals surface area contributed by atoms with Gasteiger partial charge in [-0.2, -0.15) is 0 Å². The summed E-state index contributed by atoms with van der Waals surface area (Å²) in [7, 11) is 0. The van der Waals surface area contributed by atoms with E-state index in [1.54, 1.807) is 0 Å². The molecule has 0 saturated heterocycles. The number of amides is 1. The SMILES string of the molecule is CCOC1=NC(=O)O[C@@]12CCOc1cc(Br)ccc12. The van der Waals surface area contributed by atoms with E-state index in [0.29, 0.717) is 31.3 Å². The fourth-order valence-corrected chi connectivity index (χ4v) is 2.73. The zero-order valence-electron chi connectivity index (χ0n) is 10.3. The van der Waals surface area contributed by atoms with Crippen molar-refractivity contribution in [1.82, 2.24) is 0 Å². The van der Waals surface area contributed by atoms with Gasteiger partial charge in [-0.05, 0) is 25.1 Å². The van der Waals surface area contributed by atoms with Gasteiger partial charge in [0.05, 0.1) is 13.2 Å². The lowest BCUT2D eigenvalue weighted by atomic mass is 9.88. The Morgan fingerprint density at radius 3 is 3.16 bits per heavy atom. The van der Waals surface area contributed by atoms with E-state index in [0.717, 1.165) is 10.0 Å². The average molecular weight is 326 g/mol. The minimum atomic E-state index is -0.929. The highest BCUT2D eigenvalue weighted by molar-refractivity contribution is 9.10. The largest absolute Gasteiger partial charge is 0.493 e. The standard InChI is InChI=1S/C13H12BrNO4/c1-2-17-11-13(19-12(16)15-11)5-6-18-10-7-8(14)3-4-9(10)13/h3-4,7H,2,5-6H2,1H3/t13-/m1/s1. The molecule has 1 aromatic rings. The van der Waals surface area contributed by atoms with Crippen LogP contribution >= 0.6 is 15.9 Å². The molecule has 1 amide bonds. The van der Waals surface area contributed by atoms with E-state index in [1.165, 1.54) is 0 Å². The van der Waals surface area contributed by atoms with E-state index >= 15 is 0 Å². The van der Waals surface area contributed by atoms with E-state index in [2.05, 4.69) is 20.9 Å². The molecular weight excluding hydrogens is 314 g/mol. The highest BCUT2D eigenvalue weighted by Crippen LogP contribution is 2.44. The smallest absolute Gasteiger partial charge is 0.438 e. The van der Waals surface area contributed by atoms with Gasteiger partial charge in [-0.1, -0.05) is 15.9 Å². The Kier molecular flexibility index (Phi) is 2.97. The summed E-state index contributed by atoms with van der Waals surface area (Å²) in [6, 6.07) is 5.60. The zero-order chi connectivity index (χ0) is 13.5. The Morgan fingerprint density at radius 2 is 2.37 bits per heavy atom. The van der Waals surface area contributed by atoms with Crippen molar-refractivity contribution in [3.63, 3.8) is 0 Å². The van der Waals surface area contributed by atoms with Crippen LogP contribution in [0, 0.1) is 0 Å². The van der Waals surface area contributed by atoms with Crippen LogP contribution in [0.1, 0.15) is 18.9 Å². The molecule has 0 bridgehead atoms. The number of hydrogen-bond acceptors (Lipinski definition) is 4. The molecule has 1 aromatic carbocycles. The molecule has 0 saturated carbocycles. The van der Waals surface area contributed by atoms with Gasteiger partial charge in [-0.15, -0.1) is 4.99 Å². The van der Waals surface area contributed by atoms with Gasteiger partial charge in [-0.25, -0.2) is 4.79 Å². The maximum Gasteiger partial charge on any atom is 0.438 e. The molecule has 0 fully saturated rings. The summed E-state index contributed by atoms with van der Waals surface area (Å²) in [6.45, 7) is 2.73. The molecular formula is C13H12BrNO4. The summed E-state index contributed by atoms with van der Waals surface area (Å²) in [6.07, 6.45) is -0.106. The lowest BCUT2D eigenvalue weighted by Gasteiger charge is -2.34. The van der Waals surface area contributed by atoms with Crippen molar-refractivity contribution in [3.05, 3.63) is 28.2 Å². The monoisotopic (exact) mass is 325 g/mol. The summed E-state index contributed by atoms with van der Waals surface area (Å²) < 4.78 is 17.5. The van der Waals surface area contributed by atoms with Gasteiger partial charge >= 0.3 is 6.09 Å². The third kappa shape index (κ3) is 1.90. The Hall–Kier alpha value is -1.56. The van der Waals surface area contributed by atoms with Gasteiger partial charge in [0.2, 0.25) is 11.5 Å². The fraction of sp³-hybridized carbons (Fsp3) is 0.385. The van der Waals surface area contributed by atoms with Crippen LogP contribution in [0.3, 0.4) is 0 Å². The van der Waals surface area contributed by atoms with Gasteiger partial charge in [0.15, 0.2) is 0 Å². The molecule has 0 radical (unpaired) electrons. The number of benzene rings is 1. The molecule has 3 rings (SSSR count). The number of ether oxygens (including phenoxy) is 3. The van der Waals surface area contributed by atoms with E-state index in [1.807, 2.05) is 25.1 Å². The Labute approximate surface area is 118 Å². The molecule has 0 aliphatic carbocycles. The van der Waals surface area contributed by atoms with Crippen LogP contribution in [0.25, 0.3) is 0 Å². The summed E-state index contributed by atoms with van der Waals surface area (Å²) in [5, 5.41) is 0. The second kappa shape index (κ2) is 4.52. The van der Waals surface area contributed by atoms with Crippen LogP contribution in [0.4, 0.5) is 4.79 Å². The van der Waals surface area contributed by atoms with E-state index in [-0.39, 0.29) is 0 Å². The van der Waals surface area contributed by atoms with E-state index in [9.17, 15) is 4.79 Å². The van der Waals surface area contributed by atoms with Crippen molar-refractivity contribution in [2.75, 3.05) is 13.2 Å². The second-order valence-corrected chi connectivity index (χ2v) is 5.20. The first-order valence-corrected chi connectivity index (χ1v) is 6.83. The summed E-state index contributed by atoms with van der Waals surface area (Å²) in [4.78, 5) is 15.4. The highest BCUT2D eigenvalue weighted by Gasteiger charge is 2.52. The fourth-order valence-electron chi connectivity index (χ4n) is 2.39. The molecule has 2 aliphatic rings. The molecule has 0 N–H and O–H groups in total. The number of carbonyl (C=O) groups excluding carboxylic acids is 1. The first kappa shape index (κ1) is 12.5. The summed E-state index contributed by atoms with van der Waals surface area (Å²) >= 11 is 3.40. The van der Waals surface area contributed by atoms with Crippen LogP contribution in [-0.4, -0.2) is 25.2 Å². The molecule has 2 heterocycles. The topological polar surface area (TPSA) is 57.1 Å². The number of halogens is 1. The third-order valence-electron chi connectivity index (χ3n) is 3.17. The Balaban J connectivity index is 2.12. The molecule has 1 spiro atoms. The average Bonchev–Trinajstić information content (AvgIpc) is 2.67. The van der Waals surface area contributed by atoms with Crippen LogP contribution in [0.15, 0.2) is 27.7 Å². The van der Waals surface area contributed by atoms with Gasteiger partial charge in [-0.3, -0.25) is 0 Å². The van der Waals surface area contributed by atoms with Gasteiger partial charge < -0.3 is 14.2 Å². The first-order chi connectivity index (χ1) is 9.15. The zero-order valence-corrected chi connectivity index (χ0v) is 11.9. The molecule has 0 aromatic heterocycles. The van der Waals surface area contributed by atoms with Crippen molar-refractivity contribution >= 4 is 27.9 Å². The molecule has 1 atom stereocenters. The van der Waals surface area contributed by atoms with Crippen molar-refractivity contribution < 1.29 is 19.0 Å². The van der Waals surface area contributed by atoms with Crippen LogP contribution in [0.5, 0.6) is 5.75 Å². The predicted molar refractivity (Wildman–Crippen MR) is 71.5 cm³/mol. The Bertz CT molecular complexity index is 572. The van der Waals surface area contributed by atoms with Crippen LogP contribution in [-0.2, 0) is 15.1 Å². The molecule has 6 heteroatoms. The molecule has 2 aliphatic heterocycles. The normalized spacial score (nSPS) is 24.5. The summed E-state index contributed by atoms with van der Waals surface area (Å²) in [5.74, 6) is 1.01. The highest BCUT2D eigenvalue weighted by atomic mass is 79.9. The molecule has 0 unspecified atom stereocenters. The number of rotatable bonds is 1. The number of fused-ring (bicyclic) bond motifs is 2. The number of carbonyl (C=O) groups is 1. The van der Waals surface area contributed by atoms with Crippen molar-refractivity contribution in [1.29, 1.82) is 0 Å². The van der Waals surface area contributed by atoms with Gasteiger partial charge in [0.1, 0.15) is 5.75 Å². The molecule has 100 valence electrons. The predicted octanol–water partition coefficient (Wildman–Crippen LogP) is 3.01. The Morgan fingerprint density at radius 1 is 1.53 bits per heavy atom. The maximum absolute atomic E-state index is 11.5. The first-order valence-electron chi connectivity index (χ1n) is 6.03. The van der Waals surface area contributed by atoms with Crippen molar-refractivity contribution in [3.8, 4) is 5.75 Å². The minimum absolute atomic E-state index is 0.326.